The largest absolute Gasteiger partial charge is 0.317 e. The van der Waals surface area contributed by atoms with Gasteiger partial charge in [0.15, 0.2) is 0 Å². The first-order chi connectivity index (χ1) is 6.15. The van der Waals surface area contributed by atoms with Crippen LogP contribution >= 0.6 is 15.9 Å². The Morgan fingerprint density at radius 1 is 1.46 bits per heavy atom. The number of nitrogens with one attached hydrogen (secondary N) is 1. The predicted octanol–water partition coefficient (Wildman–Crippen LogP) is 2.91. The van der Waals surface area contributed by atoms with Gasteiger partial charge in [-0.3, -0.25) is 0 Å². The van der Waals surface area contributed by atoms with Crippen LogP contribution in [0.15, 0.2) is 22.7 Å². The number of benzene rings is 1. The standard InChI is InChI=1S/C11H16BrN/c1-8-5-4-6-11(12)10(8)7-9(2)13-3/h4-6,9,13H,7H2,1-3H3. The van der Waals surface area contributed by atoms with E-state index in [-0.39, 0.29) is 0 Å². The molecule has 1 atom stereocenters. The molecule has 0 saturated carbocycles. The summed E-state index contributed by atoms with van der Waals surface area (Å²) in [7, 11) is 2.00. The summed E-state index contributed by atoms with van der Waals surface area (Å²) in [6.45, 7) is 4.35. The Kier molecular flexibility index (Phi) is 3.94. The van der Waals surface area contributed by atoms with Gasteiger partial charge in [-0.05, 0) is 44.5 Å². The molecule has 0 aliphatic carbocycles. The van der Waals surface area contributed by atoms with Crippen LogP contribution in [-0.2, 0) is 6.42 Å². The van der Waals surface area contributed by atoms with Crippen molar-refractivity contribution in [3.05, 3.63) is 33.8 Å². The van der Waals surface area contributed by atoms with Crippen LogP contribution in [0.4, 0.5) is 0 Å². The van der Waals surface area contributed by atoms with E-state index in [9.17, 15) is 0 Å². The number of likely N-dealkylation sites (N-methyl/N-ethyl adjacent to an activating group) is 1. The van der Waals surface area contributed by atoms with Crippen molar-refractivity contribution in [2.24, 2.45) is 0 Å². The topological polar surface area (TPSA) is 12.0 Å². The van der Waals surface area contributed by atoms with Gasteiger partial charge < -0.3 is 5.32 Å². The first-order valence-corrected chi connectivity index (χ1v) is 5.35. The van der Waals surface area contributed by atoms with Gasteiger partial charge in [-0.1, -0.05) is 28.1 Å². The van der Waals surface area contributed by atoms with E-state index in [0.717, 1.165) is 6.42 Å². The molecule has 0 bridgehead atoms. The Labute approximate surface area is 88.7 Å². The summed E-state index contributed by atoms with van der Waals surface area (Å²) in [5.74, 6) is 0. The van der Waals surface area contributed by atoms with Gasteiger partial charge in [-0.25, -0.2) is 0 Å². The molecule has 0 heterocycles. The molecule has 13 heavy (non-hydrogen) atoms. The summed E-state index contributed by atoms with van der Waals surface area (Å²) in [6, 6.07) is 6.86. The van der Waals surface area contributed by atoms with E-state index >= 15 is 0 Å². The van der Waals surface area contributed by atoms with Gasteiger partial charge in [-0.15, -0.1) is 0 Å². The number of hydrogen-bond donors (Lipinski definition) is 1. The van der Waals surface area contributed by atoms with Gasteiger partial charge in [0.2, 0.25) is 0 Å². The highest BCUT2D eigenvalue weighted by atomic mass is 79.9. The van der Waals surface area contributed by atoms with Crippen LogP contribution in [0.1, 0.15) is 18.1 Å². The highest BCUT2D eigenvalue weighted by molar-refractivity contribution is 9.10. The van der Waals surface area contributed by atoms with Crippen LogP contribution in [0.25, 0.3) is 0 Å². The van der Waals surface area contributed by atoms with Crippen molar-refractivity contribution in [2.45, 2.75) is 26.3 Å². The second-order valence-electron chi connectivity index (χ2n) is 3.43. The van der Waals surface area contributed by atoms with Crippen LogP contribution in [0.3, 0.4) is 0 Å². The van der Waals surface area contributed by atoms with E-state index in [2.05, 4.69) is 53.3 Å². The van der Waals surface area contributed by atoms with Crippen molar-refractivity contribution in [1.82, 2.24) is 5.32 Å². The quantitative estimate of drug-likeness (QED) is 0.859. The van der Waals surface area contributed by atoms with Crippen LogP contribution < -0.4 is 5.32 Å². The monoisotopic (exact) mass is 241 g/mol. The summed E-state index contributed by atoms with van der Waals surface area (Å²) in [6.07, 6.45) is 1.07. The molecule has 0 saturated heterocycles. The van der Waals surface area contributed by atoms with Gasteiger partial charge in [0, 0.05) is 10.5 Å². The van der Waals surface area contributed by atoms with E-state index in [1.165, 1.54) is 15.6 Å². The minimum absolute atomic E-state index is 0.525. The van der Waals surface area contributed by atoms with E-state index in [1.54, 1.807) is 0 Å². The lowest BCUT2D eigenvalue weighted by molar-refractivity contribution is 0.606. The molecule has 0 spiro atoms. The summed E-state index contributed by atoms with van der Waals surface area (Å²) < 4.78 is 1.22. The number of halogens is 1. The SMILES string of the molecule is CNC(C)Cc1c(C)cccc1Br. The third-order valence-electron chi connectivity index (χ3n) is 2.36. The first-order valence-electron chi connectivity index (χ1n) is 4.56. The second kappa shape index (κ2) is 4.77. The third kappa shape index (κ3) is 2.82. The zero-order valence-electron chi connectivity index (χ0n) is 8.39. The van der Waals surface area contributed by atoms with Gasteiger partial charge in [0.25, 0.3) is 0 Å². The summed E-state index contributed by atoms with van der Waals surface area (Å²) in [5, 5.41) is 3.25. The van der Waals surface area contributed by atoms with Crippen molar-refractivity contribution in [1.29, 1.82) is 0 Å². The number of aryl methyl sites for hydroxylation is 1. The Balaban J connectivity index is 2.87. The van der Waals surface area contributed by atoms with Gasteiger partial charge in [0.05, 0.1) is 0 Å². The van der Waals surface area contributed by atoms with Crippen LogP contribution in [-0.4, -0.2) is 13.1 Å². The molecule has 0 radical (unpaired) electrons. The van der Waals surface area contributed by atoms with E-state index in [1.807, 2.05) is 7.05 Å². The molecule has 1 unspecified atom stereocenters. The zero-order valence-corrected chi connectivity index (χ0v) is 9.98. The predicted molar refractivity (Wildman–Crippen MR) is 61.1 cm³/mol. The molecule has 0 amide bonds. The summed E-state index contributed by atoms with van der Waals surface area (Å²) in [5.41, 5.74) is 2.76. The zero-order chi connectivity index (χ0) is 9.84. The minimum atomic E-state index is 0.525. The second-order valence-corrected chi connectivity index (χ2v) is 4.28. The van der Waals surface area contributed by atoms with E-state index in [4.69, 9.17) is 0 Å². The summed E-state index contributed by atoms with van der Waals surface area (Å²) >= 11 is 3.58. The molecule has 0 aliphatic rings. The lowest BCUT2D eigenvalue weighted by Gasteiger charge is -2.13. The average molecular weight is 242 g/mol. The smallest absolute Gasteiger partial charge is 0.0210 e. The fourth-order valence-electron chi connectivity index (χ4n) is 1.33. The highest BCUT2D eigenvalue weighted by Crippen LogP contribution is 2.21. The Bertz CT molecular complexity index is 263. The Hall–Kier alpha value is -0.340. The van der Waals surface area contributed by atoms with Gasteiger partial charge in [-0.2, -0.15) is 0 Å². The number of rotatable bonds is 3. The Morgan fingerprint density at radius 2 is 2.15 bits per heavy atom. The molecule has 2 heteroatoms. The van der Waals surface area contributed by atoms with Crippen molar-refractivity contribution in [3.63, 3.8) is 0 Å². The maximum absolute atomic E-state index is 3.58. The van der Waals surface area contributed by atoms with Crippen LogP contribution in [0, 0.1) is 6.92 Å². The van der Waals surface area contributed by atoms with Crippen molar-refractivity contribution >= 4 is 15.9 Å². The maximum Gasteiger partial charge on any atom is 0.0210 e. The minimum Gasteiger partial charge on any atom is -0.317 e. The lowest BCUT2D eigenvalue weighted by atomic mass is 10.0. The molecule has 1 aromatic carbocycles. The molecule has 72 valence electrons. The lowest BCUT2D eigenvalue weighted by Crippen LogP contribution is -2.24. The molecule has 1 rings (SSSR count). The molecular weight excluding hydrogens is 226 g/mol. The first kappa shape index (κ1) is 10.7. The molecule has 1 N–H and O–H groups in total. The van der Waals surface area contributed by atoms with Gasteiger partial charge in [0.1, 0.15) is 0 Å². The third-order valence-corrected chi connectivity index (χ3v) is 3.10. The normalized spacial score (nSPS) is 12.9. The van der Waals surface area contributed by atoms with Crippen molar-refractivity contribution in [2.75, 3.05) is 7.05 Å². The van der Waals surface area contributed by atoms with Crippen LogP contribution in [0.2, 0.25) is 0 Å². The maximum atomic E-state index is 3.58. The molecular formula is C11H16BrN. The fraction of sp³-hybridized carbons (Fsp3) is 0.455. The number of hydrogen-bond acceptors (Lipinski definition) is 1. The molecule has 0 aliphatic heterocycles. The van der Waals surface area contributed by atoms with E-state index < -0.39 is 0 Å². The molecule has 1 aromatic rings. The average Bonchev–Trinajstić information content (AvgIpc) is 2.11. The summed E-state index contributed by atoms with van der Waals surface area (Å²) in [4.78, 5) is 0. The van der Waals surface area contributed by atoms with Crippen molar-refractivity contribution in [3.8, 4) is 0 Å². The molecule has 0 fully saturated rings. The highest BCUT2D eigenvalue weighted by Gasteiger charge is 2.06. The van der Waals surface area contributed by atoms with Gasteiger partial charge >= 0.3 is 0 Å². The molecule has 0 aromatic heterocycles. The van der Waals surface area contributed by atoms with Crippen molar-refractivity contribution < 1.29 is 0 Å². The molecule has 1 nitrogen and oxygen atoms in total. The fourth-order valence-corrected chi connectivity index (χ4v) is 1.96. The van der Waals surface area contributed by atoms with E-state index in [0.29, 0.717) is 6.04 Å². The Morgan fingerprint density at radius 3 is 2.69 bits per heavy atom. The van der Waals surface area contributed by atoms with Crippen LogP contribution in [0.5, 0.6) is 0 Å².